The molecule has 2 aromatic rings. The summed E-state index contributed by atoms with van der Waals surface area (Å²) in [7, 11) is 0. The van der Waals surface area contributed by atoms with E-state index in [1.807, 2.05) is 0 Å². The molecule has 0 radical (unpaired) electrons. The van der Waals surface area contributed by atoms with E-state index >= 15 is 0 Å². The first-order chi connectivity index (χ1) is 8.86. The monoisotopic (exact) mass is 307 g/mol. The van der Waals surface area contributed by atoms with E-state index in [0.29, 0.717) is 34.0 Å². The molecular formula is C13H10Cl2F3N. The molecule has 1 aromatic carbocycles. The van der Waals surface area contributed by atoms with Crippen molar-refractivity contribution in [2.75, 3.05) is 5.88 Å². The maximum atomic E-state index is 12.9. The van der Waals surface area contributed by atoms with Crippen LogP contribution in [0.25, 0.3) is 10.9 Å². The molecular weight excluding hydrogens is 298 g/mol. The number of nitrogens with zero attached hydrogens (tertiary/aromatic N) is 1. The lowest BCUT2D eigenvalue weighted by molar-refractivity contribution is -0.136. The van der Waals surface area contributed by atoms with Crippen LogP contribution in [0.15, 0.2) is 18.2 Å². The van der Waals surface area contributed by atoms with Gasteiger partial charge in [-0.2, -0.15) is 13.2 Å². The number of para-hydroxylation sites is 1. The number of benzene rings is 1. The number of hydrogen-bond acceptors (Lipinski definition) is 1. The zero-order valence-corrected chi connectivity index (χ0v) is 11.5. The first-order valence-corrected chi connectivity index (χ1v) is 6.48. The Morgan fingerprint density at radius 1 is 1.26 bits per heavy atom. The number of aromatic nitrogens is 1. The van der Waals surface area contributed by atoms with Gasteiger partial charge in [0.05, 0.1) is 16.1 Å². The lowest BCUT2D eigenvalue weighted by Gasteiger charge is -2.14. The molecule has 1 nitrogen and oxygen atoms in total. The van der Waals surface area contributed by atoms with Gasteiger partial charge in [0.25, 0.3) is 0 Å². The van der Waals surface area contributed by atoms with Crippen LogP contribution in [0, 0.1) is 6.92 Å². The predicted molar refractivity (Wildman–Crippen MR) is 70.9 cm³/mol. The highest BCUT2D eigenvalue weighted by atomic mass is 35.5. The molecule has 0 aliphatic heterocycles. The minimum absolute atomic E-state index is 0.115. The second-order valence-corrected chi connectivity index (χ2v) is 4.88. The molecule has 1 aromatic heterocycles. The van der Waals surface area contributed by atoms with Crippen molar-refractivity contribution in [3.05, 3.63) is 40.0 Å². The van der Waals surface area contributed by atoms with Gasteiger partial charge in [0, 0.05) is 17.0 Å². The first kappa shape index (κ1) is 14.4. The summed E-state index contributed by atoms with van der Waals surface area (Å²) in [4.78, 5) is 4.06. The van der Waals surface area contributed by atoms with E-state index in [1.54, 1.807) is 6.92 Å². The topological polar surface area (TPSA) is 12.9 Å². The van der Waals surface area contributed by atoms with Crippen LogP contribution in [0.2, 0.25) is 5.02 Å². The van der Waals surface area contributed by atoms with Crippen LogP contribution in [0.4, 0.5) is 13.2 Å². The number of fused-ring (bicyclic) bond motifs is 1. The van der Waals surface area contributed by atoms with Gasteiger partial charge in [-0.25, -0.2) is 0 Å². The van der Waals surface area contributed by atoms with Gasteiger partial charge in [0.1, 0.15) is 0 Å². The zero-order chi connectivity index (χ0) is 14.2. The molecule has 0 saturated heterocycles. The second-order valence-electron chi connectivity index (χ2n) is 4.13. The van der Waals surface area contributed by atoms with Gasteiger partial charge in [-0.15, -0.1) is 11.6 Å². The molecule has 0 aliphatic carbocycles. The number of aryl methyl sites for hydroxylation is 1. The van der Waals surface area contributed by atoms with Crippen LogP contribution < -0.4 is 0 Å². The van der Waals surface area contributed by atoms with E-state index in [0.717, 1.165) is 6.07 Å². The van der Waals surface area contributed by atoms with Crippen LogP contribution in [-0.4, -0.2) is 10.9 Å². The summed E-state index contributed by atoms with van der Waals surface area (Å²) in [5.41, 5.74) is 0.293. The molecule has 19 heavy (non-hydrogen) atoms. The minimum Gasteiger partial charge on any atom is -0.252 e. The lowest BCUT2D eigenvalue weighted by Crippen LogP contribution is -2.08. The summed E-state index contributed by atoms with van der Waals surface area (Å²) in [6.07, 6.45) is -3.97. The fourth-order valence-corrected chi connectivity index (χ4v) is 2.58. The maximum Gasteiger partial charge on any atom is 0.418 e. The van der Waals surface area contributed by atoms with Crippen molar-refractivity contribution in [2.24, 2.45) is 0 Å². The number of hydrogen-bond donors (Lipinski definition) is 0. The average Bonchev–Trinajstić information content (AvgIpc) is 2.32. The quantitative estimate of drug-likeness (QED) is 0.712. The van der Waals surface area contributed by atoms with Crippen molar-refractivity contribution < 1.29 is 13.2 Å². The van der Waals surface area contributed by atoms with Crippen molar-refractivity contribution in [2.45, 2.75) is 19.5 Å². The Kier molecular flexibility index (Phi) is 3.92. The van der Waals surface area contributed by atoms with Crippen molar-refractivity contribution in [1.29, 1.82) is 0 Å². The Labute approximate surface area is 118 Å². The van der Waals surface area contributed by atoms with Crippen molar-refractivity contribution in [1.82, 2.24) is 4.98 Å². The third kappa shape index (κ3) is 2.65. The van der Waals surface area contributed by atoms with Gasteiger partial charge in [0.15, 0.2) is 0 Å². The third-order valence-corrected chi connectivity index (χ3v) is 3.52. The zero-order valence-electron chi connectivity index (χ0n) is 9.98. The fraction of sp³-hybridized carbons (Fsp3) is 0.308. The number of alkyl halides is 4. The Balaban J connectivity index is 2.80. The van der Waals surface area contributed by atoms with Crippen LogP contribution in [0.5, 0.6) is 0 Å². The van der Waals surface area contributed by atoms with Crippen LogP contribution in [0.1, 0.15) is 16.8 Å². The van der Waals surface area contributed by atoms with Gasteiger partial charge in [-0.05, 0) is 25.0 Å². The Bertz CT molecular complexity index is 623. The Morgan fingerprint density at radius 3 is 2.53 bits per heavy atom. The summed E-state index contributed by atoms with van der Waals surface area (Å²) in [5, 5.41) is 0.608. The molecule has 0 N–H and O–H groups in total. The average molecular weight is 308 g/mol. The van der Waals surface area contributed by atoms with Gasteiger partial charge in [-0.3, -0.25) is 4.98 Å². The SMILES string of the molecule is Cc1nc2c(C(F)(F)F)cccc2c(Cl)c1CCCl. The summed E-state index contributed by atoms with van der Waals surface area (Å²) >= 11 is 11.9. The highest BCUT2D eigenvalue weighted by Crippen LogP contribution is 2.37. The van der Waals surface area contributed by atoms with E-state index in [2.05, 4.69) is 4.98 Å². The van der Waals surface area contributed by atoms with Crippen molar-refractivity contribution in [3.63, 3.8) is 0 Å². The highest BCUT2D eigenvalue weighted by molar-refractivity contribution is 6.36. The molecule has 0 spiro atoms. The van der Waals surface area contributed by atoms with E-state index in [-0.39, 0.29) is 5.52 Å². The molecule has 102 valence electrons. The summed E-state index contributed by atoms with van der Waals surface area (Å²) in [6.45, 7) is 1.64. The van der Waals surface area contributed by atoms with Gasteiger partial charge in [0.2, 0.25) is 0 Å². The standard InChI is InChI=1S/C13H10Cl2F3N/c1-7-8(5-6-14)11(15)9-3-2-4-10(12(9)19-7)13(16,17)18/h2-4H,5-6H2,1H3. The number of halogens is 5. The van der Waals surface area contributed by atoms with Crippen molar-refractivity contribution >= 4 is 34.1 Å². The molecule has 0 amide bonds. The van der Waals surface area contributed by atoms with E-state index in [1.165, 1.54) is 12.1 Å². The molecule has 0 bridgehead atoms. The van der Waals surface area contributed by atoms with E-state index in [4.69, 9.17) is 23.2 Å². The summed E-state index contributed by atoms with van der Waals surface area (Å²) in [6, 6.07) is 3.88. The van der Waals surface area contributed by atoms with Crippen LogP contribution >= 0.6 is 23.2 Å². The molecule has 1 heterocycles. The van der Waals surface area contributed by atoms with E-state index in [9.17, 15) is 13.2 Å². The number of pyridine rings is 1. The highest BCUT2D eigenvalue weighted by Gasteiger charge is 2.33. The lowest BCUT2D eigenvalue weighted by atomic mass is 10.0. The predicted octanol–water partition coefficient (Wildman–Crippen LogP) is 5.00. The fourth-order valence-electron chi connectivity index (χ4n) is 2.01. The third-order valence-electron chi connectivity index (χ3n) is 2.90. The molecule has 2 rings (SSSR count). The summed E-state index contributed by atoms with van der Waals surface area (Å²) < 4.78 is 38.8. The molecule has 0 atom stereocenters. The normalized spacial score (nSPS) is 12.1. The number of rotatable bonds is 2. The van der Waals surface area contributed by atoms with Crippen LogP contribution in [-0.2, 0) is 12.6 Å². The first-order valence-electron chi connectivity index (χ1n) is 5.57. The van der Waals surface area contributed by atoms with Crippen LogP contribution in [0.3, 0.4) is 0 Å². The molecule has 0 fully saturated rings. The largest absolute Gasteiger partial charge is 0.418 e. The Hall–Kier alpha value is -1.00. The van der Waals surface area contributed by atoms with Crippen molar-refractivity contribution in [3.8, 4) is 0 Å². The minimum atomic E-state index is -4.45. The smallest absolute Gasteiger partial charge is 0.252 e. The molecule has 6 heteroatoms. The molecule has 0 aliphatic rings. The second kappa shape index (κ2) is 5.17. The molecule has 0 unspecified atom stereocenters. The van der Waals surface area contributed by atoms with E-state index < -0.39 is 11.7 Å². The molecule has 0 saturated carbocycles. The van der Waals surface area contributed by atoms with Gasteiger partial charge in [-0.1, -0.05) is 23.7 Å². The van der Waals surface area contributed by atoms with Gasteiger partial charge < -0.3 is 0 Å². The maximum absolute atomic E-state index is 12.9. The summed E-state index contributed by atoms with van der Waals surface area (Å²) in [5.74, 6) is 0.340. The van der Waals surface area contributed by atoms with Gasteiger partial charge >= 0.3 is 6.18 Å². The Morgan fingerprint density at radius 2 is 1.95 bits per heavy atom.